The summed E-state index contributed by atoms with van der Waals surface area (Å²) in [7, 11) is 0. The van der Waals surface area contributed by atoms with E-state index in [0.717, 1.165) is 18.5 Å². The lowest BCUT2D eigenvalue weighted by Gasteiger charge is -2.26. The predicted molar refractivity (Wildman–Crippen MR) is 83.0 cm³/mol. The first-order valence-electron chi connectivity index (χ1n) is 7.64. The SMILES string of the molecule is CC(=O)NCCN(C(=O)c1ccnc(C2CC2)c1)C(C)C(=O)O. The Morgan fingerprint density at radius 2 is 2.13 bits per heavy atom. The fourth-order valence-corrected chi connectivity index (χ4v) is 2.31. The number of nitrogens with one attached hydrogen (secondary N) is 1. The van der Waals surface area contributed by atoms with Crippen LogP contribution in [0.15, 0.2) is 18.3 Å². The average molecular weight is 319 g/mol. The molecule has 2 rings (SSSR count). The molecular formula is C16H21N3O4. The molecule has 1 aromatic heterocycles. The van der Waals surface area contributed by atoms with Gasteiger partial charge in [-0.15, -0.1) is 0 Å². The quantitative estimate of drug-likeness (QED) is 0.781. The molecule has 23 heavy (non-hydrogen) atoms. The van der Waals surface area contributed by atoms with Crippen molar-refractivity contribution in [3.8, 4) is 0 Å². The lowest BCUT2D eigenvalue weighted by atomic mass is 10.1. The number of aliphatic carboxylic acids is 1. The summed E-state index contributed by atoms with van der Waals surface area (Å²) in [6.45, 7) is 3.17. The number of carbonyl (C=O) groups excluding carboxylic acids is 2. The maximum atomic E-state index is 12.7. The summed E-state index contributed by atoms with van der Waals surface area (Å²) in [5, 5.41) is 11.8. The number of amides is 2. The number of carboxylic acids is 1. The summed E-state index contributed by atoms with van der Waals surface area (Å²) in [6, 6.07) is 2.35. The van der Waals surface area contributed by atoms with Crippen molar-refractivity contribution in [1.29, 1.82) is 0 Å². The Hall–Kier alpha value is -2.44. The summed E-state index contributed by atoms with van der Waals surface area (Å²) in [4.78, 5) is 40.4. The number of carboxylic acid groups (broad SMARTS) is 1. The van der Waals surface area contributed by atoms with Gasteiger partial charge in [0.25, 0.3) is 5.91 Å². The molecule has 0 bridgehead atoms. The molecule has 7 nitrogen and oxygen atoms in total. The number of aromatic nitrogens is 1. The second kappa shape index (κ2) is 7.21. The van der Waals surface area contributed by atoms with Crippen molar-refractivity contribution in [2.45, 2.75) is 38.6 Å². The number of carbonyl (C=O) groups is 3. The smallest absolute Gasteiger partial charge is 0.326 e. The molecule has 2 N–H and O–H groups in total. The van der Waals surface area contributed by atoms with E-state index in [1.165, 1.54) is 18.7 Å². The van der Waals surface area contributed by atoms with E-state index in [9.17, 15) is 19.5 Å². The minimum atomic E-state index is -1.09. The summed E-state index contributed by atoms with van der Waals surface area (Å²) in [6.07, 6.45) is 3.73. The van der Waals surface area contributed by atoms with Gasteiger partial charge in [0, 0.05) is 43.4 Å². The number of pyridine rings is 1. The second-order valence-electron chi connectivity index (χ2n) is 5.74. The molecule has 1 unspecified atom stereocenters. The lowest BCUT2D eigenvalue weighted by Crippen LogP contribution is -2.46. The zero-order chi connectivity index (χ0) is 17.0. The Labute approximate surface area is 134 Å². The summed E-state index contributed by atoms with van der Waals surface area (Å²) in [5.41, 5.74) is 1.30. The summed E-state index contributed by atoms with van der Waals surface area (Å²) >= 11 is 0. The Morgan fingerprint density at radius 1 is 1.43 bits per heavy atom. The van der Waals surface area contributed by atoms with E-state index in [0.29, 0.717) is 11.5 Å². The third-order valence-corrected chi connectivity index (χ3v) is 3.84. The van der Waals surface area contributed by atoms with E-state index >= 15 is 0 Å². The van der Waals surface area contributed by atoms with Crippen LogP contribution in [0.2, 0.25) is 0 Å². The molecule has 2 amide bonds. The normalized spacial score (nSPS) is 14.9. The first kappa shape index (κ1) is 16.9. The minimum Gasteiger partial charge on any atom is -0.480 e. The monoisotopic (exact) mass is 319 g/mol. The first-order chi connectivity index (χ1) is 10.9. The van der Waals surface area contributed by atoms with E-state index in [2.05, 4.69) is 10.3 Å². The lowest BCUT2D eigenvalue weighted by molar-refractivity contribution is -0.141. The fourth-order valence-electron chi connectivity index (χ4n) is 2.31. The molecule has 1 atom stereocenters. The molecule has 0 aliphatic heterocycles. The van der Waals surface area contributed by atoms with Gasteiger partial charge in [-0.1, -0.05) is 0 Å². The Morgan fingerprint density at radius 3 is 2.70 bits per heavy atom. The van der Waals surface area contributed by atoms with Gasteiger partial charge in [0.15, 0.2) is 0 Å². The average Bonchev–Trinajstić information content (AvgIpc) is 3.35. The Kier molecular flexibility index (Phi) is 5.31. The van der Waals surface area contributed by atoms with Crippen LogP contribution in [0.5, 0.6) is 0 Å². The molecule has 1 aliphatic rings. The van der Waals surface area contributed by atoms with Gasteiger partial charge in [-0.3, -0.25) is 14.6 Å². The third kappa shape index (κ3) is 4.51. The predicted octanol–water partition coefficient (Wildman–Crippen LogP) is 1.01. The fraction of sp³-hybridized carbons (Fsp3) is 0.500. The third-order valence-electron chi connectivity index (χ3n) is 3.84. The van der Waals surface area contributed by atoms with Crippen molar-refractivity contribution in [3.05, 3.63) is 29.6 Å². The molecule has 7 heteroatoms. The maximum Gasteiger partial charge on any atom is 0.326 e. The minimum absolute atomic E-state index is 0.132. The van der Waals surface area contributed by atoms with Crippen LogP contribution in [0.4, 0.5) is 0 Å². The molecule has 1 aromatic rings. The van der Waals surface area contributed by atoms with Gasteiger partial charge in [0.1, 0.15) is 6.04 Å². The van der Waals surface area contributed by atoms with Gasteiger partial charge in [0.2, 0.25) is 5.91 Å². The van der Waals surface area contributed by atoms with Gasteiger partial charge < -0.3 is 15.3 Å². The highest BCUT2D eigenvalue weighted by molar-refractivity contribution is 5.96. The second-order valence-corrected chi connectivity index (χ2v) is 5.74. The van der Waals surface area contributed by atoms with Crippen LogP contribution < -0.4 is 5.32 Å². The van der Waals surface area contributed by atoms with Gasteiger partial charge in [0.05, 0.1) is 0 Å². The molecule has 1 saturated carbocycles. The summed E-state index contributed by atoms with van der Waals surface area (Å²) < 4.78 is 0. The van der Waals surface area contributed by atoms with Gasteiger partial charge in [-0.05, 0) is 31.9 Å². The van der Waals surface area contributed by atoms with Crippen LogP contribution in [0, 0.1) is 0 Å². The molecule has 1 heterocycles. The van der Waals surface area contributed by atoms with Crippen molar-refractivity contribution in [2.24, 2.45) is 0 Å². The van der Waals surface area contributed by atoms with Crippen molar-refractivity contribution in [1.82, 2.24) is 15.2 Å². The zero-order valence-electron chi connectivity index (χ0n) is 13.3. The molecule has 1 aliphatic carbocycles. The van der Waals surface area contributed by atoms with E-state index in [4.69, 9.17) is 0 Å². The zero-order valence-corrected chi connectivity index (χ0v) is 13.3. The topological polar surface area (TPSA) is 99.6 Å². The van der Waals surface area contributed by atoms with Gasteiger partial charge >= 0.3 is 5.97 Å². The Balaban J connectivity index is 2.15. The summed E-state index contributed by atoms with van der Waals surface area (Å²) in [5.74, 6) is -1.26. The molecule has 124 valence electrons. The molecule has 0 radical (unpaired) electrons. The van der Waals surface area contributed by atoms with Crippen LogP contribution in [0.1, 0.15) is 48.7 Å². The standard InChI is InChI=1S/C16H21N3O4/c1-10(16(22)23)19(8-7-17-11(2)20)15(21)13-5-6-18-14(9-13)12-3-4-12/h5-6,9-10,12H,3-4,7-8H2,1-2H3,(H,17,20)(H,22,23). The van der Waals surface area contributed by atoms with E-state index in [1.807, 2.05) is 0 Å². The number of nitrogens with zero attached hydrogens (tertiary/aromatic N) is 2. The molecule has 1 fully saturated rings. The van der Waals surface area contributed by atoms with Crippen molar-refractivity contribution < 1.29 is 19.5 Å². The van der Waals surface area contributed by atoms with Crippen LogP contribution in [0.25, 0.3) is 0 Å². The molecule has 0 spiro atoms. The van der Waals surface area contributed by atoms with Gasteiger partial charge in [-0.25, -0.2) is 4.79 Å². The Bertz CT molecular complexity index is 613. The van der Waals surface area contributed by atoms with Crippen molar-refractivity contribution >= 4 is 17.8 Å². The largest absolute Gasteiger partial charge is 0.480 e. The molecule has 0 aromatic carbocycles. The molecule has 0 saturated heterocycles. The van der Waals surface area contributed by atoms with Gasteiger partial charge in [-0.2, -0.15) is 0 Å². The van der Waals surface area contributed by atoms with Crippen molar-refractivity contribution in [3.63, 3.8) is 0 Å². The number of hydrogen-bond acceptors (Lipinski definition) is 4. The highest BCUT2D eigenvalue weighted by Gasteiger charge is 2.29. The van der Waals surface area contributed by atoms with E-state index in [1.54, 1.807) is 18.3 Å². The number of rotatable bonds is 7. The van der Waals surface area contributed by atoms with Crippen LogP contribution >= 0.6 is 0 Å². The van der Waals surface area contributed by atoms with Crippen molar-refractivity contribution in [2.75, 3.05) is 13.1 Å². The van der Waals surface area contributed by atoms with Crippen LogP contribution in [-0.2, 0) is 9.59 Å². The highest BCUT2D eigenvalue weighted by atomic mass is 16.4. The van der Waals surface area contributed by atoms with E-state index < -0.39 is 12.0 Å². The van der Waals surface area contributed by atoms with Crippen LogP contribution in [0.3, 0.4) is 0 Å². The maximum absolute atomic E-state index is 12.7. The highest BCUT2D eigenvalue weighted by Crippen LogP contribution is 2.39. The van der Waals surface area contributed by atoms with Crippen LogP contribution in [-0.4, -0.2) is 51.9 Å². The number of hydrogen-bond donors (Lipinski definition) is 2. The molecular weight excluding hydrogens is 298 g/mol. The first-order valence-corrected chi connectivity index (χ1v) is 7.64. The van der Waals surface area contributed by atoms with E-state index in [-0.39, 0.29) is 24.9 Å².